The fourth-order valence-electron chi connectivity index (χ4n) is 3.48. The summed E-state index contributed by atoms with van der Waals surface area (Å²) in [5.74, 6) is 0.337. The van der Waals surface area contributed by atoms with Gasteiger partial charge in [-0.25, -0.2) is 4.98 Å². The minimum atomic E-state index is -0.00246. The third-order valence-corrected chi connectivity index (χ3v) is 6.48. The van der Waals surface area contributed by atoms with Crippen molar-refractivity contribution in [2.24, 2.45) is 0 Å². The molecule has 3 aromatic rings. The lowest BCUT2D eigenvalue weighted by atomic mass is 10.1. The summed E-state index contributed by atoms with van der Waals surface area (Å²) in [6.07, 6.45) is 0. The zero-order valence-corrected chi connectivity index (χ0v) is 17.6. The molecule has 1 aromatic carbocycles. The number of amides is 1. The number of carbonyl (C=O) groups is 1. The maximum atomic E-state index is 13.1. The van der Waals surface area contributed by atoms with Gasteiger partial charge in [-0.15, -0.1) is 11.3 Å². The normalized spacial score (nSPS) is 14.9. The van der Waals surface area contributed by atoms with Gasteiger partial charge in [-0.1, -0.05) is 31.5 Å². The van der Waals surface area contributed by atoms with E-state index in [0.29, 0.717) is 29.6 Å². The van der Waals surface area contributed by atoms with E-state index in [9.17, 15) is 4.79 Å². The van der Waals surface area contributed by atoms with E-state index in [0.717, 1.165) is 39.7 Å². The minimum Gasteiger partial charge on any atom is -0.397 e. The number of thiophene rings is 1. The van der Waals surface area contributed by atoms with Gasteiger partial charge in [0.05, 0.1) is 5.69 Å². The lowest BCUT2D eigenvalue weighted by Crippen LogP contribution is -2.48. The second-order valence-corrected chi connectivity index (χ2v) is 8.78. The molecular formula is C21H23ClN4OS. The molecule has 0 unspecified atom stereocenters. The van der Waals surface area contributed by atoms with Crippen LogP contribution in [0, 0.1) is 0 Å². The first-order valence-electron chi connectivity index (χ1n) is 9.42. The number of rotatable bonds is 3. The average Bonchev–Trinajstić information content (AvgIpc) is 3.03. The Morgan fingerprint density at radius 1 is 1.18 bits per heavy atom. The van der Waals surface area contributed by atoms with Crippen LogP contribution in [0.3, 0.4) is 0 Å². The number of aromatic nitrogens is 1. The molecule has 0 saturated carbocycles. The maximum absolute atomic E-state index is 13.1. The fraction of sp³-hybridized carbons (Fsp3) is 0.333. The molecule has 1 amide bonds. The first-order valence-corrected chi connectivity index (χ1v) is 10.6. The Balaban J connectivity index is 1.51. The van der Waals surface area contributed by atoms with Crippen LogP contribution in [0.1, 0.15) is 35.1 Å². The average molecular weight is 415 g/mol. The molecule has 4 rings (SSSR count). The second-order valence-electron chi connectivity index (χ2n) is 7.35. The quantitative estimate of drug-likeness (QED) is 0.679. The molecule has 0 spiro atoms. The molecular weight excluding hydrogens is 392 g/mol. The second kappa shape index (κ2) is 7.60. The van der Waals surface area contributed by atoms with Gasteiger partial charge < -0.3 is 15.5 Å². The van der Waals surface area contributed by atoms with Crippen molar-refractivity contribution < 1.29 is 4.79 Å². The molecule has 146 valence electrons. The Hall–Kier alpha value is -2.31. The summed E-state index contributed by atoms with van der Waals surface area (Å²) in [7, 11) is 0. The van der Waals surface area contributed by atoms with Gasteiger partial charge in [0.2, 0.25) is 0 Å². The largest absolute Gasteiger partial charge is 0.397 e. The molecule has 1 fully saturated rings. The number of carbonyl (C=O) groups excluding carboxylic acids is 1. The van der Waals surface area contributed by atoms with Crippen molar-refractivity contribution in [3.05, 3.63) is 52.0 Å². The highest BCUT2D eigenvalue weighted by Crippen LogP contribution is 2.34. The third-order valence-electron chi connectivity index (χ3n) is 5.14. The van der Waals surface area contributed by atoms with Crippen LogP contribution in [0.4, 0.5) is 11.4 Å². The topological polar surface area (TPSA) is 62.5 Å². The van der Waals surface area contributed by atoms with E-state index >= 15 is 0 Å². The van der Waals surface area contributed by atoms with Gasteiger partial charge in [0.25, 0.3) is 5.91 Å². The van der Waals surface area contributed by atoms with Crippen molar-refractivity contribution >= 4 is 50.4 Å². The molecule has 3 heterocycles. The molecule has 0 radical (unpaired) electrons. The van der Waals surface area contributed by atoms with Gasteiger partial charge in [0, 0.05) is 48.0 Å². The number of benzene rings is 1. The first-order chi connectivity index (χ1) is 13.4. The molecule has 5 nitrogen and oxygen atoms in total. The van der Waals surface area contributed by atoms with Crippen LogP contribution in [-0.4, -0.2) is 42.0 Å². The number of hydrogen-bond donors (Lipinski definition) is 1. The van der Waals surface area contributed by atoms with Crippen molar-refractivity contribution in [2.45, 2.75) is 19.8 Å². The Morgan fingerprint density at radius 2 is 1.93 bits per heavy atom. The van der Waals surface area contributed by atoms with Gasteiger partial charge in [-0.2, -0.15) is 0 Å². The summed E-state index contributed by atoms with van der Waals surface area (Å²) in [5.41, 5.74) is 8.96. The Morgan fingerprint density at radius 3 is 2.61 bits per heavy atom. The summed E-state index contributed by atoms with van der Waals surface area (Å²) in [6.45, 7) is 7.07. The lowest BCUT2D eigenvalue weighted by Gasteiger charge is -2.36. The zero-order chi connectivity index (χ0) is 19.8. The summed E-state index contributed by atoms with van der Waals surface area (Å²) >= 11 is 7.50. The molecule has 0 aliphatic carbocycles. The molecule has 7 heteroatoms. The molecule has 2 aromatic heterocycles. The van der Waals surface area contributed by atoms with Crippen LogP contribution in [0.25, 0.3) is 10.2 Å². The smallest absolute Gasteiger partial charge is 0.266 e. The zero-order valence-electron chi connectivity index (χ0n) is 16.0. The number of nitrogens with zero attached hydrogens (tertiary/aromatic N) is 3. The maximum Gasteiger partial charge on any atom is 0.266 e. The SMILES string of the molecule is CC(C)c1ccc2c(N)c(C(=O)N3CCN(c4cccc(Cl)c4)CC3)sc2n1. The highest BCUT2D eigenvalue weighted by molar-refractivity contribution is 7.21. The monoisotopic (exact) mass is 414 g/mol. The van der Waals surface area contributed by atoms with E-state index in [2.05, 4.69) is 18.7 Å². The summed E-state index contributed by atoms with van der Waals surface area (Å²) in [4.78, 5) is 23.4. The summed E-state index contributed by atoms with van der Waals surface area (Å²) < 4.78 is 0. The predicted molar refractivity (Wildman–Crippen MR) is 118 cm³/mol. The Bertz CT molecular complexity index is 1020. The first kappa shape index (κ1) is 19.0. The van der Waals surface area contributed by atoms with E-state index in [1.165, 1.54) is 11.3 Å². The number of hydrogen-bond acceptors (Lipinski definition) is 5. The highest BCUT2D eigenvalue weighted by Gasteiger charge is 2.26. The van der Waals surface area contributed by atoms with Crippen LogP contribution in [-0.2, 0) is 0 Å². The van der Waals surface area contributed by atoms with E-state index < -0.39 is 0 Å². The molecule has 1 aliphatic rings. The Labute approximate surface area is 173 Å². The minimum absolute atomic E-state index is 0.00246. The molecule has 1 aliphatic heterocycles. The van der Waals surface area contributed by atoms with Crippen molar-refractivity contribution in [3.8, 4) is 0 Å². The van der Waals surface area contributed by atoms with E-state index in [4.69, 9.17) is 22.3 Å². The number of fused-ring (bicyclic) bond motifs is 1. The predicted octanol–water partition coefficient (Wildman–Crippen LogP) is 4.62. The van der Waals surface area contributed by atoms with E-state index in [-0.39, 0.29) is 5.91 Å². The van der Waals surface area contributed by atoms with Gasteiger partial charge in [0.15, 0.2) is 0 Å². The van der Waals surface area contributed by atoms with E-state index in [1.807, 2.05) is 41.3 Å². The number of nitrogen functional groups attached to an aromatic ring is 1. The lowest BCUT2D eigenvalue weighted by molar-refractivity contribution is 0.0752. The Kier molecular flexibility index (Phi) is 5.17. The van der Waals surface area contributed by atoms with Crippen LogP contribution < -0.4 is 10.6 Å². The molecule has 0 bridgehead atoms. The highest BCUT2D eigenvalue weighted by atomic mass is 35.5. The van der Waals surface area contributed by atoms with Crippen molar-refractivity contribution in [1.82, 2.24) is 9.88 Å². The number of halogens is 1. The van der Waals surface area contributed by atoms with Crippen molar-refractivity contribution in [3.63, 3.8) is 0 Å². The van der Waals surface area contributed by atoms with Gasteiger partial charge in [0.1, 0.15) is 9.71 Å². The third kappa shape index (κ3) is 3.54. The van der Waals surface area contributed by atoms with Gasteiger partial charge in [-0.3, -0.25) is 4.79 Å². The molecule has 28 heavy (non-hydrogen) atoms. The van der Waals surface area contributed by atoms with Crippen molar-refractivity contribution in [1.29, 1.82) is 0 Å². The summed E-state index contributed by atoms with van der Waals surface area (Å²) in [6, 6.07) is 11.8. The number of piperazine rings is 1. The number of nitrogens with two attached hydrogens (primary N) is 1. The number of pyridine rings is 1. The van der Waals surface area contributed by atoms with Crippen LogP contribution in [0.5, 0.6) is 0 Å². The van der Waals surface area contributed by atoms with Crippen LogP contribution in [0.2, 0.25) is 5.02 Å². The standard InChI is InChI=1S/C21H23ClN4OS/c1-13(2)17-7-6-16-18(23)19(28-20(16)24-17)21(27)26-10-8-25(9-11-26)15-5-3-4-14(22)12-15/h3-7,12-13H,8-11,23H2,1-2H3. The number of anilines is 2. The fourth-order valence-corrected chi connectivity index (χ4v) is 4.73. The molecule has 1 saturated heterocycles. The van der Waals surface area contributed by atoms with Crippen LogP contribution in [0.15, 0.2) is 36.4 Å². The van der Waals surface area contributed by atoms with Gasteiger partial charge >= 0.3 is 0 Å². The summed E-state index contributed by atoms with van der Waals surface area (Å²) in [5, 5.41) is 1.60. The van der Waals surface area contributed by atoms with Crippen molar-refractivity contribution in [2.75, 3.05) is 36.8 Å². The van der Waals surface area contributed by atoms with Crippen LogP contribution >= 0.6 is 22.9 Å². The van der Waals surface area contributed by atoms with E-state index in [1.54, 1.807) is 0 Å². The molecule has 0 atom stereocenters. The van der Waals surface area contributed by atoms with Gasteiger partial charge in [-0.05, 0) is 36.2 Å². The molecule has 2 N–H and O–H groups in total.